The summed E-state index contributed by atoms with van der Waals surface area (Å²) < 4.78 is 6.38. The molecule has 3 N–H and O–H groups in total. The van der Waals surface area contributed by atoms with Gasteiger partial charge < -0.3 is 15.4 Å². The Kier molecular flexibility index (Phi) is 9.61. The molecule has 0 unspecified atom stereocenters. The molecule has 0 aromatic heterocycles. The zero-order valence-electron chi connectivity index (χ0n) is 19.6. The van der Waals surface area contributed by atoms with Crippen molar-refractivity contribution in [1.29, 1.82) is 0 Å². The molecular weight excluding hydrogens is 548 g/mol. The number of ether oxygens (including phenoxy) is 1. The molecule has 3 aromatic rings. The lowest BCUT2D eigenvalue weighted by atomic mass is 10.1. The predicted octanol–water partition coefficient (Wildman–Crippen LogP) is 4.50. The second-order valence-electron chi connectivity index (χ2n) is 7.85. The lowest BCUT2D eigenvalue weighted by molar-refractivity contribution is -0.139. The zero-order chi connectivity index (χ0) is 26.1. The molecule has 0 fully saturated rings. The van der Waals surface area contributed by atoms with Crippen LogP contribution < -0.4 is 20.8 Å². The number of anilines is 1. The molecule has 186 valence electrons. The first-order valence-electron chi connectivity index (χ1n) is 10.9. The van der Waals surface area contributed by atoms with Crippen LogP contribution in [0.25, 0.3) is 0 Å². The number of hydrogen-bond acceptors (Lipinski definition) is 5. The standard InChI is InChI=1S/C26H24BrClN4O4/c1-16-3-6-18(7-4-16)13-29-25(34)26(35)32-30-14-19-11-20(27)8-10-23(19)36-15-24(33)31-22-12-21(28)9-5-17(22)2/h3-12,14H,13,15H2,1-2H3,(H,29,34)(H,31,33)(H,32,35)/b30-14-. The highest BCUT2D eigenvalue weighted by atomic mass is 79.9. The van der Waals surface area contributed by atoms with Crippen LogP contribution in [0, 0.1) is 13.8 Å². The van der Waals surface area contributed by atoms with E-state index in [0.29, 0.717) is 22.0 Å². The monoisotopic (exact) mass is 570 g/mol. The summed E-state index contributed by atoms with van der Waals surface area (Å²) in [5.41, 5.74) is 6.10. The van der Waals surface area contributed by atoms with Crippen LogP contribution in [0.5, 0.6) is 5.75 Å². The van der Waals surface area contributed by atoms with Gasteiger partial charge in [-0.05, 0) is 55.3 Å². The van der Waals surface area contributed by atoms with Gasteiger partial charge in [0.05, 0.1) is 6.21 Å². The van der Waals surface area contributed by atoms with Gasteiger partial charge in [-0.3, -0.25) is 14.4 Å². The largest absolute Gasteiger partial charge is 0.483 e. The number of hydrogen-bond donors (Lipinski definition) is 3. The number of carbonyl (C=O) groups excluding carboxylic acids is 3. The molecular formula is C26H24BrClN4O4. The first kappa shape index (κ1) is 26.9. The summed E-state index contributed by atoms with van der Waals surface area (Å²) in [5.74, 6) is -1.73. The number of nitrogens with zero attached hydrogens (tertiary/aromatic N) is 1. The number of benzene rings is 3. The summed E-state index contributed by atoms with van der Waals surface area (Å²) in [5, 5.41) is 9.65. The lowest BCUT2D eigenvalue weighted by Gasteiger charge is -2.11. The van der Waals surface area contributed by atoms with Crippen LogP contribution in [0.15, 0.2) is 70.2 Å². The summed E-state index contributed by atoms with van der Waals surface area (Å²) in [6.07, 6.45) is 1.32. The third-order valence-electron chi connectivity index (χ3n) is 4.95. The summed E-state index contributed by atoms with van der Waals surface area (Å²) in [4.78, 5) is 36.5. The molecule has 10 heteroatoms. The van der Waals surface area contributed by atoms with Crippen LogP contribution >= 0.6 is 27.5 Å². The van der Waals surface area contributed by atoms with Crippen molar-refractivity contribution in [1.82, 2.24) is 10.7 Å². The minimum atomic E-state index is -0.910. The van der Waals surface area contributed by atoms with Crippen molar-refractivity contribution in [3.63, 3.8) is 0 Å². The molecule has 0 saturated carbocycles. The molecule has 8 nitrogen and oxygen atoms in total. The Morgan fingerprint density at radius 1 is 1.00 bits per heavy atom. The van der Waals surface area contributed by atoms with Gasteiger partial charge in [-0.25, -0.2) is 5.43 Å². The molecule has 0 aliphatic rings. The first-order valence-corrected chi connectivity index (χ1v) is 12.0. The van der Waals surface area contributed by atoms with E-state index in [1.165, 1.54) is 6.21 Å². The van der Waals surface area contributed by atoms with E-state index in [2.05, 4.69) is 37.1 Å². The van der Waals surface area contributed by atoms with Crippen LogP contribution in [0.1, 0.15) is 22.3 Å². The highest BCUT2D eigenvalue weighted by Crippen LogP contribution is 2.23. The lowest BCUT2D eigenvalue weighted by Crippen LogP contribution is -2.37. The number of hydrazone groups is 1. The van der Waals surface area contributed by atoms with Crippen molar-refractivity contribution in [2.75, 3.05) is 11.9 Å². The highest BCUT2D eigenvalue weighted by molar-refractivity contribution is 9.10. The summed E-state index contributed by atoms with van der Waals surface area (Å²) in [7, 11) is 0. The molecule has 0 saturated heterocycles. The number of halogens is 2. The van der Waals surface area contributed by atoms with Crippen molar-refractivity contribution in [2.24, 2.45) is 5.10 Å². The van der Waals surface area contributed by atoms with Crippen molar-refractivity contribution in [3.8, 4) is 5.75 Å². The van der Waals surface area contributed by atoms with Crippen molar-refractivity contribution in [3.05, 3.63) is 92.4 Å². The fourth-order valence-corrected chi connectivity index (χ4v) is 3.54. The zero-order valence-corrected chi connectivity index (χ0v) is 21.9. The van der Waals surface area contributed by atoms with Crippen LogP contribution in [-0.4, -0.2) is 30.5 Å². The van der Waals surface area contributed by atoms with Gasteiger partial charge in [0.1, 0.15) is 5.75 Å². The topological polar surface area (TPSA) is 109 Å². The fraction of sp³-hybridized carbons (Fsp3) is 0.154. The third kappa shape index (κ3) is 8.21. The van der Waals surface area contributed by atoms with Crippen LogP contribution in [0.3, 0.4) is 0 Å². The van der Waals surface area contributed by atoms with Crippen LogP contribution in [0.2, 0.25) is 5.02 Å². The van der Waals surface area contributed by atoms with Crippen molar-refractivity contribution >= 4 is 57.2 Å². The number of rotatable bonds is 8. The average Bonchev–Trinajstić information content (AvgIpc) is 2.85. The Balaban J connectivity index is 1.54. The molecule has 36 heavy (non-hydrogen) atoms. The minimum Gasteiger partial charge on any atom is -0.483 e. The number of amides is 3. The minimum absolute atomic E-state index is 0.219. The molecule has 0 bridgehead atoms. The maximum Gasteiger partial charge on any atom is 0.329 e. The molecule has 0 spiro atoms. The van der Waals surface area contributed by atoms with Crippen LogP contribution in [-0.2, 0) is 20.9 Å². The summed E-state index contributed by atoms with van der Waals surface area (Å²) in [6, 6.07) is 17.9. The molecule has 0 atom stereocenters. The molecule has 0 radical (unpaired) electrons. The van der Waals surface area contributed by atoms with E-state index in [9.17, 15) is 14.4 Å². The van der Waals surface area contributed by atoms with Gasteiger partial charge in [0.25, 0.3) is 5.91 Å². The maximum atomic E-state index is 12.4. The van der Waals surface area contributed by atoms with Gasteiger partial charge in [-0.1, -0.05) is 63.4 Å². The second kappa shape index (κ2) is 12.9. The van der Waals surface area contributed by atoms with Gasteiger partial charge in [0.2, 0.25) is 0 Å². The van der Waals surface area contributed by atoms with E-state index in [1.807, 2.05) is 38.1 Å². The third-order valence-corrected chi connectivity index (χ3v) is 5.68. The maximum absolute atomic E-state index is 12.4. The van der Waals surface area contributed by atoms with E-state index in [0.717, 1.165) is 21.2 Å². The average molecular weight is 572 g/mol. The summed E-state index contributed by atoms with van der Waals surface area (Å²) >= 11 is 9.36. The Labute approximate surface area is 222 Å². The van der Waals surface area contributed by atoms with E-state index >= 15 is 0 Å². The van der Waals surface area contributed by atoms with E-state index in [4.69, 9.17) is 16.3 Å². The normalized spacial score (nSPS) is 10.7. The first-order chi connectivity index (χ1) is 17.2. The van der Waals surface area contributed by atoms with Gasteiger partial charge in [-0.15, -0.1) is 0 Å². The Morgan fingerprint density at radius 2 is 1.75 bits per heavy atom. The molecule has 0 heterocycles. The van der Waals surface area contributed by atoms with Crippen LogP contribution in [0.4, 0.5) is 5.69 Å². The van der Waals surface area contributed by atoms with E-state index in [1.54, 1.807) is 36.4 Å². The van der Waals surface area contributed by atoms with Crippen molar-refractivity contribution in [2.45, 2.75) is 20.4 Å². The SMILES string of the molecule is Cc1ccc(CNC(=O)C(=O)N/N=C\c2cc(Br)ccc2OCC(=O)Nc2cc(Cl)ccc2C)cc1. The number of aryl methyl sites for hydroxylation is 2. The Morgan fingerprint density at radius 3 is 2.50 bits per heavy atom. The molecule has 3 amide bonds. The van der Waals surface area contributed by atoms with Gasteiger partial charge in [0.15, 0.2) is 6.61 Å². The smallest absolute Gasteiger partial charge is 0.329 e. The van der Waals surface area contributed by atoms with E-state index in [-0.39, 0.29) is 19.1 Å². The molecule has 0 aliphatic carbocycles. The molecule has 3 aromatic carbocycles. The quantitative estimate of drug-likeness (QED) is 0.210. The number of carbonyl (C=O) groups is 3. The van der Waals surface area contributed by atoms with E-state index < -0.39 is 11.8 Å². The van der Waals surface area contributed by atoms with Gasteiger partial charge >= 0.3 is 11.8 Å². The molecule has 0 aliphatic heterocycles. The Hall–Kier alpha value is -3.69. The Bertz CT molecular complexity index is 1300. The second-order valence-corrected chi connectivity index (χ2v) is 9.20. The predicted molar refractivity (Wildman–Crippen MR) is 143 cm³/mol. The highest BCUT2D eigenvalue weighted by Gasteiger charge is 2.13. The summed E-state index contributed by atoms with van der Waals surface area (Å²) in [6.45, 7) is 3.78. The fourth-order valence-electron chi connectivity index (χ4n) is 2.99. The van der Waals surface area contributed by atoms with Gasteiger partial charge in [-0.2, -0.15) is 5.10 Å². The van der Waals surface area contributed by atoms with Gasteiger partial charge in [0, 0.05) is 27.3 Å². The number of nitrogens with one attached hydrogen (secondary N) is 3. The molecule has 3 rings (SSSR count). The van der Waals surface area contributed by atoms with Crippen molar-refractivity contribution < 1.29 is 19.1 Å².